The average molecular weight is 766 g/mol. The molecule has 0 radical (unpaired) electrons. The molecule has 1 aliphatic heterocycles. The summed E-state index contributed by atoms with van der Waals surface area (Å²) in [7, 11) is 0. The third-order valence-electron chi connectivity index (χ3n) is 13.1. The maximum absolute atomic E-state index is 15.1. The van der Waals surface area contributed by atoms with E-state index in [1.807, 2.05) is 11.4 Å². The number of amides is 5. The molecule has 0 aromatic carbocycles. The first kappa shape index (κ1) is 40.4. The average Bonchev–Trinajstić information content (AvgIpc) is 3.58. The van der Waals surface area contributed by atoms with E-state index in [4.69, 9.17) is 0 Å². The molecule has 1 aromatic rings. The summed E-state index contributed by atoms with van der Waals surface area (Å²) in [5.74, 6) is -2.20. The molecule has 5 aliphatic rings. The maximum atomic E-state index is 15.1. The molecule has 4 N–H and O–H groups in total. The van der Waals surface area contributed by atoms with Crippen LogP contribution >= 0.6 is 11.3 Å². The molecular weight excluding hydrogens is 703 g/mol. The van der Waals surface area contributed by atoms with Gasteiger partial charge in [-0.3, -0.25) is 28.8 Å². The lowest BCUT2D eigenvalue weighted by Crippen LogP contribution is -2.63. The molecule has 1 aromatic heterocycles. The molecule has 1 saturated heterocycles. The van der Waals surface area contributed by atoms with Crippen molar-refractivity contribution in [3.8, 4) is 0 Å². The third-order valence-corrected chi connectivity index (χ3v) is 13.9. The zero-order valence-corrected chi connectivity index (χ0v) is 33.5. The quantitative estimate of drug-likeness (QED) is 0.159. The van der Waals surface area contributed by atoms with E-state index in [9.17, 15) is 24.0 Å². The molecule has 1 unspecified atom stereocenters. The zero-order chi connectivity index (χ0) is 38.4. The molecule has 12 heteroatoms. The van der Waals surface area contributed by atoms with Crippen molar-refractivity contribution in [2.75, 3.05) is 6.54 Å². The number of carbonyl (C=O) groups is 6. The largest absolute Gasteiger partial charge is 0.347 e. The Balaban J connectivity index is 1.26. The van der Waals surface area contributed by atoms with Crippen molar-refractivity contribution in [3.63, 3.8) is 0 Å². The topological polar surface area (TPSA) is 154 Å². The molecular formula is C42H63N5O6S. The van der Waals surface area contributed by atoms with Crippen LogP contribution in [0.2, 0.25) is 0 Å². The number of hydrogen-bond donors (Lipinski definition) is 4. The Morgan fingerprint density at radius 1 is 0.833 bits per heavy atom. The van der Waals surface area contributed by atoms with E-state index < -0.39 is 47.2 Å². The number of carbonyl (C=O) groups excluding carboxylic acids is 6. The van der Waals surface area contributed by atoms with E-state index in [1.165, 1.54) is 11.3 Å². The lowest BCUT2D eigenvalue weighted by molar-refractivity contribution is -0.147. The van der Waals surface area contributed by atoms with Gasteiger partial charge in [-0.15, -0.1) is 11.3 Å². The summed E-state index contributed by atoms with van der Waals surface area (Å²) in [5.41, 5.74) is -0.541. The van der Waals surface area contributed by atoms with Gasteiger partial charge in [0, 0.05) is 12.6 Å². The second-order valence-corrected chi connectivity index (χ2v) is 18.8. The Hall–Kier alpha value is -3.28. The molecule has 0 bridgehead atoms. The molecule has 2 heterocycles. The van der Waals surface area contributed by atoms with Crippen molar-refractivity contribution in [2.24, 2.45) is 29.1 Å². The van der Waals surface area contributed by atoms with Crippen molar-refractivity contribution in [3.05, 3.63) is 22.4 Å². The van der Waals surface area contributed by atoms with Crippen molar-refractivity contribution < 1.29 is 28.8 Å². The van der Waals surface area contributed by atoms with Crippen LogP contribution in [0.1, 0.15) is 146 Å². The predicted molar refractivity (Wildman–Crippen MR) is 208 cm³/mol. The number of thiophene rings is 1. The molecule has 6 rings (SSSR count). The highest BCUT2D eigenvalue weighted by Crippen LogP contribution is 2.42. The number of likely N-dealkylation sites (tertiary alicyclic amines) is 1. The van der Waals surface area contributed by atoms with Crippen molar-refractivity contribution in [1.29, 1.82) is 0 Å². The maximum Gasteiger partial charge on any atom is 0.289 e. The molecule has 298 valence electrons. The highest BCUT2D eigenvalue weighted by atomic mass is 32.1. The number of ketones is 1. The lowest BCUT2D eigenvalue weighted by atomic mass is 9.69. The first-order valence-electron chi connectivity index (χ1n) is 21.0. The SMILES string of the molecule is CC(C)C[C@H]1CCN(C(=O)[C@@H](NC(=O)[C@@H](NC(=O)c2cccs2)C2CCCCC2)C2(C)CCCCC2)[C@@H]1C(=O)NC(CC1CCC1)C(=O)C(=O)NC1CC1. The molecule has 5 fully saturated rings. The van der Waals surface area contributed by atoms with E-state index in [-0.39, 0.29) is 47.4 Å². The van der Waals surface area contributed by atoms with Crippen LogP contribution < -0.4 is 21.3 Å². The predicted octanol–water partition coefficient (Wildman–Crippen LogP) is 5.67. The van der Waals surface area contributed by atoms with Crippen molar-refractivity contribution >= 4 is 46.7 Å². The summed E-state index contributed by atoms with van der Waals surface area (Å²) in [5, 5.41) is 13.9. The van der Waals surface area contributed by atoms with Gasteiger partial charge < -0.3 is 26.2 Å². The van der Waals surface area contributed by atoms with Crippen LogP contribution in [0.15, 0.2) is 17.5 Å². The third kappa shape index (κ3) is 9.93. The fourth-order valence-electron chi connectivity index (χ4n) is 9.57. The van der Waals surface area contributed by atoms with Crippen LogP contribution in [-0.2, 0) is 24.0 Å². The summed E-state index contributed by atoms with van der Waals surface area (Å²) in [6, 6.07) is 0.137. The van der Waals surface area contributed by atoms with Crippen LogP contribution in [0.25, 0.3) is 0 Å². The minimum atomic E-state index is -0.951. The van der Waals surface area contributed by atoms with Crippen LogP contribution in [-0.4, -0.2) is 77.0 Å². The summed E-state index contributed by atoms with van der Waals surface area (Å²) in [6.07, 6.45) is 15.6. The van der Waals surface area contributed by atoms with E-state index >= 15 is 4.79 Å². The van der Waals surface area contributed by atoms with Crippen LogP contribution in [0.3, 0.4) is 0 Å². The number of nitrogens with one attached hydrogen (secondary N) is 4. The fourth-order valence-corrected chi connectivity index (χ4v) is 10.2. The van der Waals surface area contributed by atoms with Crippen LogP contribution in [0.5, 0.6) is 0 Å². The van der Waals surface area contributed by atoms with Crippen LogP contribution in [0.4, 0.5) is 0 Å². The molecule has 54 heavy (non-hydrogen) atoms. The van der Waals surface area contributed by atoms with Gasteiger partial charge in [0.1, 0.15) is 18.1 Å². The van der Waals surface area contributed by atoms with Gasteiger partial charge in [-0.1, -0.05) is 84.6 Å². The molecule has 0 spiro atoms. The fraction of sp³-hybridized carbons (Fsp3) is 0.762. The molecule has 11 nitrogen and oxygen atoms in total. The van der Waals surface area contributed by atoms with Gasteiger partial charge >= 0.3 is 0 Å². The van der Waals surface area contributed by atoms with Crippen LogP contribution in [0, 0.1) is 29.1 Å². The Kier molecular flexibility index (Phi) is 13.5. The second-order valence-electron chi connectivity index (χ2n) is 17.8. The van der Waals surface area contributed by atoms with E-state index in [1.54, 1.807) is 11.0 Å². The Morgan fingerprint density at radius 3 is 2.15 bits per heavy atom. The Bertz CT molecular complexity index is 1490. The first-order chi connectivity index (χ1) is 25.9. The van der Waals surface area contributed by atoms with Crippen molar-refractivity contribution in [2.45, 2.75) is 167 Å². The second kappa shape index (κ2) is 18.1. The lowest BCUT2D eigenvalue weighted by Gasteiger charge is -2.43. The molecule has 5 amide bonds. The van der Waals surface area contributed by atoms with Gasteiger partial charge in [0.2, 0.25) is 23.5 Å². The Morgan fingerprint density at radius 2 is 1.54 bits per heavy atom. The number of Topliss-reactive ketones (excluding diaryl/α,β-unsaturated/α-hetero) is 1. The van der Waals surface area contributed by atoms with Gasteiger partial charge in [-0.25, -0.2) is 0 Å². The normalized spacial score (nSPS) is 24.9. The number of rotatable bonds is 16. The summed E-state index contributed by atoms with van der Waals surface area (Å²) < 4.78 is 0. The minimum absolute atomic E-state index is 0.0230. The first-order valence-corrected chi connectivity index (χ1v) is 21.9. The standard InChI is InChI=1S/C42H63N5O6S/c1-26(2)24-29-19-22-47(34(29)39(51)44-31(25-27-12-10-13-27)35(48)40(52)43-30-17-18-30)41(53)36(42(3)20-8-5-9-21-42)46-38(50)33(28-14-6-4-7-15-28)45-37(49)32-16-11-23-54-32/h11,16,23,26-31,33-34,36H,4-10,12-15,17-22,24-25H2,1-3H3,(H,43,52)(H,44,51)(H,45,49)(H,46,50)/t29-,31?,33+,34+,36-/m1/s1. The summed E-state index contributed by atoms with van der Waals surface area (Å²) >= 11 is 1.33. The molecule has 4 aliphatic carbocycles. The Labute approximate surface area is 325 Å². The number of nitrogens with zero attached hydrogens (tertiary/aromatic N) is 1. The van der Waals surface area contributed by atoms with E-state index in [2.05, 4.69) is 42.0 Å². The number of hydrogen-bond acceptors (Lipinski definition) is 7. The van der Waals surface area contributed by atoms with E-state index in [0.717, 1.165) is 103 Å². The molecule has 5 atom stereocenters. The van der Waals surface area contributed by atoms with Gasteiger partial charge in [0.25, 0.3) is 11.8 Å². The van der Waals surface area contributed by atoms with Gasteiger partial charge in [-0.2, -0.15) is 0 Å². The monoisotopic (exact) mass is 765 g/mol. The van der Waals surface area contributed by atoms with Gasteiger partial charge in [0.15, 0.2) is 0 Å². The zero-order valence-electron chi connectivity index (χ0n) is 32.7. The highest BCUT2D eigenvalue weighted by molar-refractivity contribution is 7.12. The summed E-state index contributed by atoms with van der Waals surface area (Å²) in [6.45, 7) is 6.65. The summed E-state index contributed by atoms with van der Waals surface area (Å²) in [4.78, 5) is 86.3. The molecule has 4 saturated carbocycles. The smallest absolute Gasteiger partial charge is 0.289 e. The minimum Gasteiger partial charge on any atom is -0.347 e. The van der Waals surface area contributed by atoms with Gasteiger partial charge in [-0.05, 0) is 98.3 Å². The highest BCUT2D eigenvalue weighted by Gasteiger charge is 2.50. The van der Waals surface area contributed by atoms with Gasteiger partial charge in [0.05, 0.1) is 10.9 Å². The van der Waals surface area contributed by atoms with Crippen molar-refractivity contribution in [1.82, 2.24) is 26.2 Å². The van der Waals surface area contributed by atoms with E-state index in [0.29, 0.717) is 24.3 Å².